The molecule has 16 heavy (non-hydrogen) atoms. The molecule has 1 unspecified atom stereocenters. The summed E-state index contributed by atoms with van der Waals surface area (Å²) in [6.07, 6.45) is 3.41. The Balaban J connectivity index is 1.80. The zero-order valence-corrected chi connectivity index (χ0v) is 9.54. The fourth-order valence-electron chi connectivity index (χ4n) is 1.46. The van der Waals surface area contributed by atoms with Crippen molar-refractivity contribution >= 4 is 23.6 Å². The smallest absolute Gasteiger partial charge is 0.249 e. The number of amides is 1. The molecule has 1 aromatic heterocycles. The van der Waals surface area contributed by atoms with Gasteiger partial charge < -0.3 is 5.32 Å². The van der Waals surface area contributed by atoms with E-state index in [4.69, 9.17) is 0 Å². The van der Waals surface area contributed by atoms with Gasteiger partial charge >= 0.3 is 0 Å². The summed E-state index contributed by atoms with van der Waals surface area (Å²) >= 11 is 1.87. The van der Waals surface area contributed by atoms with Crippen molar-refractivity contribution in [2.45, 2.75) is 12.5 Å². The van der Waals surface area contributed by atoms with Crippen molar-refractivity contribution < 1.29 is 4.79 Å². The molecule has 7 heteroatoms. The van der Waals surface area contributed by atoms with Crippen molar-refractivity contribution in [1.29, 1.82) is 0 Å². The first-order valence-electron chi connectivity index (χ1n) is 5.09. The molecular weight excluding hydrogens is 226 g/mol. The summed E-state index contributed by atoms with van der Waals surface area (Å²) in [5, 5.41) is 13.2. The summed E-state index contributed by atoms with van der Waals surface area (Å²) in [4.78, 5) is 15.5. The average Bonchev–Trinajstić information content (AvgIpc) is 2.31. The van der Waals surface area contributed by atoms with Crippen LogP contribution in [0.3, 0.4) is 0 Å². The number of rotatable bonds is 3. The highest BCUT2D eigenvalue weighted by Gasteiger charge is 2.17. The minimum Gasteiger partial charge on any atom is -0.312 e. The van der Waals surface area contributed by atoms with Gasteiger partial charge in [0.2, 0.25) is 11.9 Å². The Hall–Kier alpha value is -1.21. The predicted octanol–water partition coefficient (Wildman–Crippen LogP) is -0.0948. The van der Waals surface area contributed by atoms with Crippen molar-refractivity contribution in [2.75, 3.05) is 23.4 Å². The van der Waals surface area contributed by atoms with Gasteiger partial charge in [0.15, 0.2) is 0 Å². The summed E-state index contributed by atoms with van der Waals surface area (Å²) in [7, 11) is 0. The minimum absolute atomic E-state index is 0.0759. The summed E-state index contributed by atoms with van der Waals surface area (Å²) in [5.74, 6) is 2.27. The molecule has 0 bridgehead atoms. The van der Waals surface area contributed by atoms with Crippen LogP contribution in [-0.4, -0.2) is 45.2 Å². The number of aromatic nitrogens is 3. The number of carbonyl (C=O) groups excluding carboxylic acids is 1. The van der Waals surface area contributed by atoms with E-state index in [0.29, 0.717) is 6.42 Å². The molecule has 2 rings (SSSR count). The lowest BCUT2D eigenvalue weighted by atomic mass is 10.2. The normalized spacial score (nSPS) is 20.4. The molecule has 1 aliphatic heterocycles. The second-order valence-corrected chi connectivity index (χ2v) is 4.59. The van der Waals surface area contributed by atoms with Gasteiger partial charge in [-0.3, -0.25) is 10.1 Å². The van der Waals surface area contributed by atoms with Gasteiger partial charge in [-0.15, -0.1) is 5.10 Å². The van der Waals surface area contributed by atoms with E-state index in [9.17, 15) is 4.79 Å². The molecule has 1 aliphatic rings. The quantitative estimate of drug-likeness (QED) is 0.767. The topological polar surface area (TPSA) is 79.8 Å². The first-order valence-corrected chi connectivity index (χ1v) is 6.25. The van der Waals surface area contributed by atoms with Gasteiger partial charge in [0.1, 0.15) is 0 Å². The lowest BCUT2D eigenvalue weighted by Gasteiger charge is -2.22. The third kappa shape index (κ3) is 3.42. The lowest BCUT2D eigenvalue weighted by Crippen LogP contribution is -2.40. The van der Waals surface area contributed by atoms with Gasteiger partial charge in [-0.05, 0) is 0 Å². The first kappa shape index (κ1) is 11.3. The molecule has 1 fully saturated rings. The average molecular weight is 239 g/mol. The Morgan fingerprint density at radius 3 is 3.25 bits per heavy atom. The molecule has 6 nitrogen and oxygen atoms in total. The van der Waals surface area contributed by atoms with Crippen LogP contribution in [0, 0.1) is 0 Å². The molecule has 2 N–H and O–H groups in total. The van der Waals surface area contributed by atoms with Crippen LogP contribution in [0.25, 0.3) is 0 Å². The molecule has 1 saturated heterocycles. The molecule has 0 aromatic carbocycles. The van der Waals surface area contributed by atoms with Gasteiger partial charge in [-0.2, -0.15) is 16.9 Å². The highest BCUT2D eigenvalue weighted by atomic mass is 32.2. The molecule has 0 aliphatic carbocycles. The number of carbonyl (C=O) groups is 1. The van der Waals surface area contributed by atoms with Gasteiger partial charge in [0.05, 0.1) is 12.4 Å². The molecule has 1 atom stereocenters. The minimum atomic E-state index is -0.0759. The van der Waals surface area contributed by atoms with Crippen LogP contribution < -0.4 is 10.6 Å². The highest BCUT2D eigenvalue weighted by molar-refractivity contribution is 7.99. The molecular formula is C9H13N5OS. The number of hydrogen-bond donors (Lipinski definition) is 2. The van der Waals surface area contributed by atoms with Gasteiger partial charge in [0.25, 0.3) is 0 Å². The first-order chi connectivity index (χ1) is 7.84. The molecule has 0 saturated carbocycles. The van der Waals surface area contributed by atoms with E-state index in [1.165, 1.54) is 12.4 Å². The van der Waals surface area contributed by atoms with Crippen LogP contribution in [0.5, 0.6) is 0 Å². The van der Waals surface area contributed by atoms with E-state index in [0.717, 1.165) is 18.1 Å². The zero-order chi connectivity index (χ0) is 11.2. The Morgan fingerprint density at radius 1 is 1.62 bits per heavy atom. The number of nitrogens with one attached hydrogen (secondary N) is 2. The fraction of sp³-hybridized carbons (Fsp3) is 0.556. The van der Waals surface area contributed by atoms with Crippen molar-refractivity contribution in [3.8, 4) is 0 Å². The number of hydrogen-bond acceptors (Lipinski definition) is 6. The van der Waals surface area contributed by atoms with Gasteiger partial charge in [0, 0.05) is 30.5 Å². The monoisotopic (exact) mass is 239 g/mol. The number of anilines is 1. The second-order valence-electron chi connectivity index (χ2n) is 3.44. The lowest BCUT2D eigenvalue weighted by molar-refractivity contribution is -0.116. The Labute approximate surface area is 97.6 Å². The molecule has 1 amide bonds. The van der Waals surface area contributed by atoms with E-state index in [-0.39, 0.29) is 17.9 Å². The van der Waals surface area contributed by atoms with Crippen molar-refractivity contribution in [3.63, 3.8) is 0 Å². The van der Waals surface area contributed by atoms with Crippen molar-refractivity contribution in [3.05, 3.63) is 12.4 Å². The van der Waals surface area contributed by atoms with E-state index in [1.807, 2.05) is 11.8 Å². The number of thioether (sulfide) groups is 1. The van der Waals surface area contributed by atoms with E-state index in [2.05, 4.69) is 25.8 Å². The van der Waals surface area contributed by atoms with Crippen molar-refractivity contribution in [1.82, 2.24) is 20.5 Å². The van der Waals surface area contributed by atoms with Crippen molar-refractivity contribution in [2.24, 2.45) is 0 Å². The maximum Gasteiger partial charge on any atom is 0.249 e. The number of nitrogens with zero attached hydrogens (tertiary/aromatic N) is 3. The van der Waals surface area contributed by atoms with Gasteiger partial charge in [-0.1, -0.05) is 0 Å². The van der Waals surface area contributed by atoms with Crippen LogP contribution in [-0.2, 0) is 4.79 Å². The molecule has 2 heterocycles. The summed E-state index contributed by atoms with van der Waals surface area (Å²) < 4.78 is 0. The largest absolute Gasteiger partial charge is 0.312 e. The van der Waals surface area contributed by atoms with E-state index in [1.54, 1.807) is 0 Å². The third-order valence-corrected chi connectivity index (χ3v) is 3.29. The molecule has 0 radical (unpaired) electrons. The van der Waals surface area contributed by atoms with E-state index < -0.39 is 0 Å². The Morgan fingerprint density at radius 2 is 2.56 bits per heavy atom. The van der Waals surface area contributed by atoms with Crippen LogP contribution >= 0.6 is 11.8 Å². The summed E-state index contributed by atoms with van der Waals surface area (Å²) in [5.41, 5.74) is 0. The maximum atomic E-state index is 11.6. The zero-order valence-electron chi connectivity index (χ0n) is 8.72. The van der Waals surface area contributed by atoms with Crippen LogP contribution in [0.2, 0.25) is 0 Å². The van der Waals surface area contributed by atoms with Crippen LogP contribution in [0.4, 0.5) is 5.95 Å². The van der Waals surface area contributed by atoms with Crippen LogP contribution in [0.1, 0.15) is 6.42 Å². The second kappa shape index (κ2) is 5.76. The third-order valence-electron chi connectivity index (χ3n) is 2.16. The van der Waals surface area contributed by atoms with E-state index >= 15 is 0 Å². The predicted molar refractivity (Wildman–Crippen MR) is 62.2 cm³/mol. The van der Waals surface area contributed by atoms with Crippen LogP contribution in [0.15, 0.2) is 12.4 Å². The molecule has 0 spiro atoms. The molecule has 1 aromatic rings. The fourth-order valence-corrected chi connectivity index (χ4v) is 2.40. The summed E-state index contributed by atoms with van der Waals surface area (Å²) in [6, 6.07) is 0.246. The Bertz CT molecular complexity index is 341. The SMILES string of the molecule is O=C(CC1CSCCN1)Nc1nccnn1. The standard InChI is InChI=1S/C9H13N5OS/c15-8(5-7-6-16-4-3-10-7)13-9-11-1-2-12-14-9/h1-2,7,10H,3-6H2,(H,11,13,14,15). The maximum absolute atomic E-state index is 11.6. The summed E-state index contributed by atoms with van der Waals surface area (Å²) in [6.45, 7) is 0.964. The Kier molecular flexibility index (Phi) is 4.06. The van der Waals surface area contributed by atoms with Gasteiger partial charge in [-0.25, -0.2) is 4.98 Å². The highest BCUT2D eigenvalue weighted by Crippen LogP contribution is 2.10. The molecule has 86 valence electrons.